The van der Waals surface area contributed by atoms with Gasteiger partial charge in [-0.3, -0.25) is 4.79 Å². The average Bonchev–Trinajstić information content (AvgIpc) is 2.90. The van der Waals surface area contributed by atoms with Crippen molar-refractivity contribution in [1.82, 2.24) is 5.32 Å². The predicted octanol–water partition coefficient (Wildman–Crippen LogP) is 2.40. The van der Waals surface area contributed by atoms with E-state index < -0.39 is 0 Å². The van der Waals surface area contributed by atoms with Crippen molar-refractivity contribution in [2.75, 3.05) is 18.0 Å². The Kier molecular flexibility index (Phi) is 5.43. The molecule has 5 heteroatoms. The number of hydrogen-bond acceptors (Lipinski definition) is 3. The molecule has 1 aliphatic rings. The predicted molar refractivity (Wildman–Crippen MR) is 85.7 cm³/mol. The molecule has 2 rings (SSSR count). The second kappa shape index (κ2) is 7.09. The Balaban J connectivity index is 2.10. The summed E-state index contributed by atoms with van der Waals surface area (Å²) in [7, 11) is 0. The molecule has 1 saturated heterocycles. The van der Waals surface area contributed by atoms with Crippen LogP contribution in [0.1, 0.15) is 31.7 Å². The van der Waals surface area contributed by atoms with Crippen molar-refractivity contribution in [2.45, 2.75) is 38.8 Å². The van der Waals surface area contributed by atoms with Crippen LogP contribution in [0.5, 0.6) is 0 Å². The normalized spacial score (nSPS) is 18.5. The Bertz CT molecular complexity index is 478. The molecule has 110 valence electrons. The number of nitrogens with zero attached hydrogens (tertiary/aromatic N) is 1. The van der Waals surface area contributed by atoms with Crippen molar-refractivity contribution in [1.29, 1.82) is 0 Å². The molecule has 1 unspecified atom stereocenters. The lowest BCUT2D eigenvalue weighted by molar-refractivity contribution is -0.119. The van der Waals surface area contributed by atoms with Gasteiger partial charge in [-0.1, -0.05) is 28.9 Å². The van der Waals surface area contributed by atoms with Gasteiger partial charge in [-0.2, -0.15) is 0 Å². The second-order valence-electron chi connectivity index (χ2n) is 5.21. The molecule has 1 aromatic carbocycles. The number of rotatable bonds is 6. The molecule has 0 bridgehead atoms. The number of nitrogens with two attached hydrogens (primary N) is 1. The van der Waals surface area contributed by atoms with Gasteiger partial charge in [0.15, 0.2) is 0 Å². The molecule has 0 aromatic heterocycles. The van der Waals surface area contributed by atoms with Crippen LogP contribution in [0.3, 0.4) is 0 Å². The molecule has 1 heterocycles. The average molecular weight is 340 g/mol. The molecule has 1 atom stereocenters. The van der Waals surface area contributed by atoms with Gasteiger partial charge in [-0.05, 0) is 43.5 Å². The minimum atomic E-state index is -0.229. The van der Waals surface area contributed by atoms with Crippen LogP contribution in [0.15, 0.2) is 22.7 Å². The van der Waals surface area contributed by atoms with E-state index in [1.54, 1.807) is 0 Å². The highest BCUT2D eigenvalue weighted by atomic mass is 79.9. The monoisotopic (exact) mass is 339 g/mol. The van der Waals surface area contributed by atoms with Crippen LogP contribution in [0, 0.1) is 0 Å². The number of primary amides is 1. The molecule has 0 aliphatic carbocycles. The summed E-state index contributed by atoms with van der Waals surface area (Å²) in [5, 5.41) is 3.39. The van der Waals surface area contributed by atoms with Gasteiger partial charge in [0, 0.05) is 23.2 Å². The van der Waals surface area contributed by atoms with Gasteiger partial charge in [0.25, 0.3) is 0 Å². The standard InChI is InChI=1S/C15H22BrN3O/c1-2-7-18-10-11-5-6-12(9-13(11)16)19-8-3-4-14(19)15(17)20/h5-6,9,14,18H,2-4,7-8,10H2,1H3,(H2,17,20). The minimum absolute atomic E-state index is 0.161. The van der Waals surface area contributed by atoms with Gasteiger partial charge in [-0.15, -0.1) is 0 Å². The van der Waals surface area contributed by atoms with Gasteiger partial charge < -0.3 is 16.0 Å². The summed E-state index contributed by atoms with van der Waals surface area (Å²) >= 11 is 3.62. The highest BCUT2D eigenvalue weighted by Gasteiger charge is 2.29. The van der Waals surface area contributed by atoms with Crippen LogP contribution in [-0.4, -0.2) is 25.0 Å². The maximum atomic E-state index is 11.5. The van der Waals surface area contributed by atoms with Crippen LogP contribution in [0.25, 0.3) is 0 Å². The minimum Gasteiger partial charge on any atom is -0.368 e. The van der Waals surface area contributed by atoms with E-state index in [1.807, 2.05) is 0 Å². The Hall–Kier alpha value is -1.07. The molecular weight excluding hydrogens is 318 g/mol. The molecule has 4 nitrogen and oxygen atoms in total. The Morgan fingerprint density at radius 3 is 3.00 bits per heavy atom. The number of benzene rings is 1. The van der Waals surface area contributed by atoms with Crippen LogP contribution < -0.4 is 16.0 Å². The molecule has 0 radical (unpaired) electrons. The molecular formula is C15H22BrN3O. The van der Waals surface area contributed by atoms with Gasteiger partial charge in [0.05, 0.1) is 0 Å². The summed E-state index contributed by atoms with van der Waals surface area (Å²) in [4.78, 5) is 13.6. The zero-order chi connectivity index (χ0) is 14.5. The van der Waals surface area contributed by atoms with Crippen LogP contribution in [0.2, 0.25) is 0 Å². The first-order chi connectivity index (χ1) is 9.63. The largest absolute Gasteiger partial charge is 0.368 e. The van der Waals surface area contributed by atoms with E-state index in [-0.39, 0.29) is 11.9 Å². The molecule has 0 spiro atoms. The lowest BCUT2D eigenvalue weighted by Crippen LogP contribution is -2.40. The maximum Gasteiger partial charge on any atom is 0.240 e. The van der Waals surface area contributed by atoms with Crippen LogP contribution in [-0.2, 0) is 11.3 Å². The maximum absolute atomic E-state index is 11.5. The van der Waals surface area contributed by atoms with E-state index in [9.17, 15) is 4.79 Å². The van der Waals surface area contributed by atoms with Crippen molar-refractivity contribution in [3.05, 3.63) is 28.2 Å². The van der Waals surface area contributed by atoms with Crippen LogP contribution >= 0.6 is 15.9 Å². The van der Waals surface area contributed by atoms with Crippen molar-refractivity contribution in [3.8, 4) is 0 Å². The summed E-state index contributed by atoms with van der Waals surface area (Å²) in [5.41, 5.74) is 7.77. The Morgan fingerprint density at radius 2 is 2.35 bits per heavy atom. The van der Waals surface area contributed by atoms with Crippen molar-refractivity contribution < 1.29 is 4.79 Å². The van der Waals surface area contributed by atoms with Crippen molar-refractivity contribution in [3.63, 3.8) is 0 Å². The lowest BCUT2D eigenvalue weighted by atomic mass is 10.1. The fourth-order valence-corrected chi connectivity index (χ4v) is 3.14. The number of halogens is 1. The SMILES string of the molecule is CCCNCc1ccc(N2CCCC2C(N)=O)cc1Br. The third-order valence-corrected chi connectivity index (χ3v) is 4.43. The van der Waals surface area contributed by atoms with E-state index in [1.165, 1.54) is 5.56 Å². The zero-order valence-electron chi connectivity index (χ0n) is 11.9. The summed E-state index contributed by atoms with van der Waals surface area (Å²) in [6.45, 7) is 4.92. The topological polar surface area (TPSA) is 58.4 Å². The second-order valence-corrected chi connectivity index (χ2v) is 6.06. The third kappa shape index (κ3) is 3.52. The first-order valence-corrected chi connectivity index (χ1v) is 7.98. The quantitative estimate of drug-likeness (QED) is 0.782. The number of anilines is 1. The summed E-state index contributed by atoms with van der Waals surface area (Å²) in [6.07, 6.45) is 3.00. The number of amides is 1. The highest BCUT2D eigenvalue weighted by Crippen LogP contribution is 2.29. The Morgan fingerprint density at radius 1 is 1.55 bits per heavy atom. The first-order valence-electron chi connectivity index (χ1n) is 7.18. The van der Waals surface area contributed by atoms with Gasteiger partial charge in [-0.25, -0.2) is 0 Å². The van der Waals surface area contributed by atoms with Crippen molar-refractivity contribution in [2.24, 2.45) is 5.73 Å². The summed E-state index contributed by atoms with van der Waals surface area (Å²) in [6, 6.07) is 6.11. The number of carbonyl (C=O) groups excluding carboxylic acids is 1. The summed E-state index contributed by atoms with van der Waals surface area (Å²) in [5.74, 6) is -0.229. The van der Waals surface area contributed by atoms with Gasteiger partial charge in [0.2, 0.25) is 5.91 Å². The van der Waals surface area contributed by atoms with Crippen LogP contribution in [0.4, 0.5) is 5.69 Å². The molecule has 1 amide bonds. The van der Waals surface area contributed by atoms with E-state index >= 15 is 0 Å². The van der Waals surface area contributed by atoms with E-state index in [0.717, 1.165) is 49.1 Å². The molecule has 3 N–H and O–H groups in total. The van der Waals surface area contributed by atoms with E-state index in [2.05, 4.69) is 51.3 Å². The third-order valence-electron chi connectivity index (χ3n) is 3.69. The zero-order valence-corrected chi connectivity index (χ0v) is 13.4. The smallest absolute Gasteiger partial charge is 0.240 e. The van der Waals surface area contributed by atoms with Crippen molar-refractivity contribution >= 4 is 27.5 Å². The highest BCUT2D eigenvalue weighted by molar-refractivity contribution is 9.10. The number of hydrogen-bond donors (Lipinski definition) is 2. The fraction of sp³-hybridized carbons (Fsp3) is 0.533. The van der Waals surface area contributed by atoms with Gasteiger partial charge >= 0.3 is 0 Å². The molecule has 1 fully saturated rings. The Labute approximate surface area is 128 Å². The molecule has 0 saturated carbocycles. The molecule has 1 aliphatic heterocycles. The van der Waals surface area contributed by atoms with E-state index in [4.69, 9.17) is 5.73 Å². The lowest BCUT2D eigenvalue weighted by Gasteiger charge is -2.25. The molecule has 20 heavy (non-hydrogen) atoms. The fourth-order valence-electron chi connectivity index (χ4n) is 2.63. The number of carbonyl (C=O) groups is 1. The number of nitrogens with one attached hydrogen (secondary N) is 1. The van der Waals surface area contributed by atoms with Gasteiger partial charge in [0.1, 0.15) is 6.04 Å². The summed E-state index contributed by atoms with van der Waals surface area (Å²) < 4.78 is 1.08. The molecule has 1 aromatic rings. The first kappa shape index (κ1) is 15.3. The van der Waals surface area contributed by atoms with E-state index in [0.29, 0.717) is 0 Å².